The van der Waals surface area contributed by atoms with Gasteiger partial charge in [-0.25, -0.2) is 14.6 Å². The second-order valence-electron chi connectivity index (χ2n) is 7.38. The molecule has 11 heteroatoms. The molecular weight excluding hydrogens is 418 g/mol. The van der Waals surface area contributed by atoms with Crippen LogP contribution >= 0.6 is 0 Å². The number of rotatable bonds is 8. The molecule has 1 amide bonds. The Bertz CT molecular complexity index is 938. The summed E-state index contributed by atoms with van der Waals surface area (Å²) >= 11 is 0. The van der Waals surface area contributed by atoms with Crippen LogP contribution in [0.15, 0.2) is 22.6 Å². The second kappa shape index (κ2) is 9.63. The van der Waals surface area contributed by atoms with Crippen LogP contribution in [-0.2, 0) is 4.74 Å². The van der Waals surface area contributed by atoms with Crippen molar-refractivity contribution < 1.29 is 42.1 Å². The zero-order valence-corrected chi connectivity index (χ0v) is 17.7. The van der Waals surface area contributed by atoms with E-state index in [1.54, 1.807) is 27.7 Å². The summed E-state index contributed by atoms with van der Waals surface area (Å²) in [7, 11) is 0. The van der Waals surface area contributed by atoms with Crippen LogP contribution in [0.4, 0.5) is 13.6 Å². The quantitative estimate of drug-likeness (QED) is 0.607. The Morgan fingerprint density at radius 3 is 2.48 bits per heavy atom. The molecule has 0 spiro atoms. The molecule has 0 bridgehead atoms. The number of oxazole rings is 1. The van der Waals surface area contributed by atoms with Crippen molar-refractivity contribution in [2.45, 2.75) is 52.9 Å². The predicted octanol–water partition coefficient (Wildman–Crippen LogP) is 4.63. The number of carbonyl (C=O) groups is 2. The number of carboxylic acid groups (broad SMARTS) is 1. The molecule has 0 radical (unpaired) electrons. The fourth-order valence-electron chi connectivity index (χ4n) is 2.55. The molecule has 1 heterocycles. The van der Waals surface area contributed by atoms with Gasteiger partial charge in [-0.05, 0) is 52.8 Å². The SMILES string of the molecule is CCOc1cc(-c2nc(C(=O)O)c([C@H](C)NC(=O)OC(C)(C)C)o2)ccc1OC(F)F. The van der Waals surface area contributed by atoms with E-state index in [2.05, 4.69) is 15.0 Å². The highest BCUT2D eigenvalue weighted by atomic mass is 19.3. The standard InChI is InChI=1S/C20H24F2N2O7/c1-6-28-13-9-11(7-8-12(13)29-18(21)22)16-24-14(17(25)26)15(30-16)10(2)23-19(27)31-20(3,4)5/h7-10,18H,6H2,1-5H3,(H,23,27)(H,25,26)/t10-/m0/s1. The smallest absolute Gasteiger partial charge is 0.408 e. The van der Waals surface area contributed by atoms with Crippen LogP contribution in [0.3, 0.4) is 0 Å². The molecular formula is C20H24F2N2O7. The summed E-state index contributed by atoms with van der Waals surface area (Å²) in [5.41, 5.74) is -0.892. The highest BCUT2D eigenvalue weighted by molar-refractivity contribution is 5.87. The first kappa shape index (κ1) is 23.9. The van der Waals surface area contributed by atoms with Gasteiger partial charge in [-0.1, -0.05) is 0 Å². The first-order valence-corrected chi connectivity index (χ1v) is 9.36. The molecule has 170 valence electrons. The van der Waals surface area contributed by atoms with E-state index >= 15 is 0 Å². The third-order valence-corrected chi connectivity index (χ3v) is 3.69. The number of halogens is 2. The van der Waals surface area contributed by atoms with Gasteiger partial charge in [0.05, 0.1) is 12.6 Å². The zero-order valence-electron chi connectivity index (χ0n) is 17.7. The van der Waals surface area contributed by atoms with Gasteiger partial charge in [-0.15, -0.1) is 0 Å². The number of nitrogens with zero attached hydrogens (tertiary/aromatic N) is 1. The lowest BCUT2D eigenvalue weighted by Gasteiger charge is -2.21. The molecule has 9 nitrogen and oxygen atoms in total. The summed E-state index contributed by atoms with van der Waals surface area (Å²) in [6.07, 6.45) is -0.763. The van der Waals surface area contributed by atoms with Crippen molar-refractivity contribution in [3.8, 4) is 23.0 Å². The predicted molar refractivity (Wildman–Crippen MR) is 104 cm³/mol. The first-order chi connectivity index (χ1) is 14.4. The summed E-state index contributed by atoms with van der Waals surface area (Å²) in [5.74, 6) is -1.76. The van der Waals surface area contributed by atoms with Gasteiger partial charge in [0, 0.05) is 5.56 Å². The van der Waals surface area contributed by atoms with E-state index in [0.29, 0.717) is 0 Å². The summed E-state index contributed by atoms with van der Waals surface area (Å²) in [5, 5.41) is 12.0. The van der Waals surface area contributed by atoms with E-state index in [1.165, 1.54) is 25.1 Å². The maximum Gasteiger partial charge on any atom is 0.408 e. The van der Waals surface area contributed by atoms with Gasteiger partial charge >= 0.3 is 18.7 Å². The Labute approximate surface area is 177 Å². The fourth-order valence-corrected chi connectivity index (χ4v) is 2.55. The van der Waals surface area contributed by atoms with Gasteiger partial charge < -0.3 is 29.1 Å². The second-order valence-corrected chi connectivity index (χ2v) is 7.38. The van der Waals surface area contributed by atoms with Gasteiger partial charge in [-0.3, -0.25) is 0 Å². The Morgan fingerprint density at radius 1 is 1.26 bits per heavy atom. The molecule has 0 aliphatic heterocycles. The van der Waals surface area contributed by atoms with E-state index < -0.39 is 36.0 Å². The van der Waals surface area contributed by atoms with E-state index in [9.17, 15) is 23.5 Å². The van der Waals surface area contributed by atoms with Crippen molar-refractivity contribution in [3.05, 3.63) is 29.7 Å². The number of benzene rings is 1. The molecule has 0 unspecified atom stereocenters. The lowest BCUT2D eigenvalue weighted by molar-refractivity contribution is -0.0514. The number of hydrogen-bond acceptors (Lipinski definition) is 7. The number of carbonyl (C=O) groups excluding carboxylic acids is 1. The number of carboxylic acids is 1. The molecule has 1 aromatic carbocycles. The monoisotopic (exact) mass is 442 g/mol. The summed E-state index contributed by atoms with van der Waals surface area (Å²) < 4.78 is 45.7. The normalized spacial score (nSPS) is 12.4. The lowest BCUT2D eigenvalue weighted by atomic mass is 10.2. The highest BCUT2D eigenvalue weighted by Gasteiger charge is 2.27. The molecule has 2 rings (SSSR count). The van der Waals surface area contributed by atoms with E-state index in [1.807, 2.05) is 0 Å². The Hall–Kier alpha value is -3.37. The number of alkyl halides is 2. The molecule has 2 N–H and O–H groups in total. The number of nitrogens with one attached hydrogen (secondary N) is 1. The minimum Gasteiger partial charge on any atom is -0.490 e. The maximum atomic E-state index is 12.6. The molecule has 1 atom stereocenters. The number of alkyl carbamates (subject to hydrolysis) is 1. The van der Waals surface area contributed by atoms with Crippen LogP contribution in [0.2, 0.25) is 0 Å². The summed E-state index contributed by atoms with van der Waals surface area (Å²) in [6.45, 7) is 5.35. The largest absolute Gasteiger partial charge is 0.490 e. The van der Waals surface area contributed by atoms with Crippen LogP contribution < -0.4 is 14.8 Å². The highest BCUT2D eigenvalue weighted by Crippen LogP contribution is 2.35. The van der Waals surface area contributed by atoms with Crippen molar-refractivity contribution in [1.29, 1.82) is 0 Å². The van der Waals surface area contributed by atoms with E-state index in [-0.39, 0.29) is 35.3 Å². The molecule has 0 fully saturated rings. The van der Waals surface area contributed by atoms with Gasteiger partial charge in [-0.2, -0.15) is 8.78 Å². The van der Waals surface area contributed by atoms with Crippen molar-refractivity contribution in [1.82, 2.24) is 10.3 Å². The fraction of sp³-hybridized carbons (Fsp3) is 0.450. The Balaban J connectivity index is 2.38. The van der Waals surface area contributed by atoms with Gasteiger partial charge in [0.25, 0.3) is 0 Å². The Kier molecular flexibility index (Phi) is 7.42. The molecule has 31 heavy (non-hydrogen) atoms. The number of hydrogen-bond donors (Lipinski definition) is 2. The number of aromatic nitrogens is 1. The third-order valence-electron chi connectivity index (χ3n) is 3.69. The van der Waals surface area contributed by atoms with Crippen LogP contribution in [0.25, 0.3) is 11.5 Å². The molecule has 1 aromatic heterocycles. The van der Waals surface area contributed by atoms with Crippen LogP contribution in [-0.4, -0.2) is 41.0 Å². The summed E-state index contributed by atoms with van der Waals surface area (Å²) in [6, 6.07) is 3.07. The zero-order chi connectivity index (χ0) is 23.3. The average Bonchev–Trinajstić information content (AvgIpc) is 3.07. The molecule has 2 aromatic rings. The van der Waals surface area contributed by atoms with Crippen LogP contribution in [0, 0.1) is 0 Å². The third kappa shape index (κ3) is 6.56. The number of ether oxygens (including phenoxy) is 3. The molecule has 0 saturated heterocycles. The van der Waals surface area contributed by atoms with Crippen molar-refractivity contribution in [2.24, 2.45) is 0 Å². The number of aromatic carboxylic acids is 1. The molecule has 0 aliphatic carbocycles. The molecule has 0 aliphatic rings. The minimum atomic E-state index is -3.04. The first-order valence-electron chi connectivity index (χ1n) is 9.36. The topological polar surface area (TPSA) is 120 Å². The van der Waals surface area contributed by atoms with E-state index in [0.717, 1.165) is 0 Å². The van der Waals surface area contributed by atoms with Crippen LogP contribution in [0.5, 0.6) is 11.5 Å². The maximum absolute atomic E-state index is 12.6. The average molecular weight is 442 g/mol. The van der Waals surface area contributed by atoms with Crippen molar-refractivity contribution in [2.75, 3.05) is 6.61 Å². The Morgan fingerprint density at radius 2 is 1.94 bits per heavy atom. The molecule has 0 saturated carbocycles. The number of amides is 1. The lowest BCUT2D eigenvalue weighted by Crippen LogP contribution is -2.34. The van der Waals surface area contributed by atoms with Crippen LogP contribution in [0.1, 0.15) is 56.9 Å². The van der Waals surface area contributed by atoms with Gasteiger partial charge in [0.15, 0.2) is 23.0 Å². The minimum absolute atomic E-state index is 0.0110. The van der Waals surface area contributed by atoms with E-state index in [4.69, 9.17) is 13.9 Å². The van der Waals surface area contributed by atoms with Crippen molar-refractivity contribution >= 4 is 12.1 Å². The van der Waals surface area contributed by atoms with Gasteiger partial charge in [0.1, 0.15) is 5.60 Å². The van der Waals surface area contributed by atoms with Crippen molar-refractivity contribution in [3.63, 3.8) is 0 Å². The van der Waals surface area contributed by atoms with Gasteiger partial charge in [0.2, 0.25) is 5.89 Å². The summed E-state index contributed by atoms with van der Waals surface area (Å²) in [4.78, 5) is 27.6.